The van der Waals surface area contributed by atoms with Crippen LogP contribution in [0.2, 0.25) is 0 Å². The standard InChI is InChI=1S/C9H2F4N3O4/c10-4-2(9(11,12)13)1-3-5(6(4)16(19)20)15-8(18)7(17)14-3/h1H,(H,14,17). The van der Waals surface area contributed by atoms with E-state index < -0.39 is 51.4 Å². The molecule has 2 rings (SSSR count). The average Bonchev–Trinajstić information content (AvgIpc) is 2.28. The van der Waals surface area contributed by atoms with Crippen molar-refractivity contribution in [3.8, 4) is 0 Å². The van der Waals surface area contributed by atoms with E-state index in [1.54, 1.807) is 5.32 Å². The second-order valence-electron chi connectivity index (χ2n) is 3.61. The van der Waals surface area contributed by atoms with Crippen LogP contribution in [0.3, 0.4) is 0 Å². The van der Waals surface area contributed by atoms with Gasteiger partial charge in [0.1, 0.15) is 5.56 Å². The Kier molecular flexibility index (Phi) is 2.84. The van der Waals surface area contributed by atoms with Gasteiger partial charge in [-0.25, -0.2) is 0 Å². The minimum atomic E-state index is -5.21. The Labute approximate surface area is 106 Å². The first-order valence-corrected chi connectivity index (χ1v) is 4.78. The third-order valence-electron chi connectivity index (χ3n) is 2.36. The number of carbonyl (C=O) groups excluding carboxylic acids is 2. The Bertz CT molecular complexity index is 656. The number of nitrogens with zero attached hydrogens (tertiary/aromatic N) is 2. The van der Waals surface area contributed by atoms with Gasteiger partial charge in [-0.05, 0) is 6.07 Å². The number of rotatable bonds is 1. The van der Waals surface area contributed by atoms with Crippen molar-refractivity contribution in [1.82, 2.24) is 5.32 Å². The van der Waals surface area contributed by atoms with Crippen molar-refractivity contribution in [2.24, 2.45) is 0 Å². The van der Waals surface area contributed by atoms with Crippen LogP contribution in [0.15, 0.2) is 6.07 Å². The van der Waals surface area contributed by atoms with Crippen LogP contribution in [0.4, 0.5) is 34.6 Å². The molecule has 1 N–H and O–H groups in total. The Morgan fingerprint density at radius 3 is 2.40 bits per heavy atom. The van der Waals surface area contributed by atoms with E-state index in [0.717, 1.165) is 0 Å². The zero-order chi connectivity index (χ0) is 15.2. The summed E-state index contributed by atoms with van der Waals surface area (Å²) in [5.74, 6) is -5.01. The topological polar surface area (TPSA) is 103 Å². The zero-order valence-electron chi connectivity index (χ0n) is 9.12. The van der Waals surface area contributed by atoms with Crippen molar-refractivity contribution in [3.63, 3.8) is 0 Å². The molecule has 105 valence electrons. The van der Waals surface area contributed by atoms with Crippen molar-refractivity contribution < 1.29 is 32.1 Å². The number of carbonyl (C=O) groups is 2. The number of alkyl halides is 3. The van der Waals surface area contributed by atoms with E-state index in [2.05, 4.69) is 5.32 Å². The molecule has 1 radical (unpaired) electrons. The number of halogens is 4. The van der Waals surface area contributed by atoms with Gasteiger partial charge in [-0.2, -0.15) is 22.9 Å². The summed E-state index contributed by atoms with van der Waals surface area (Å²) in [7, 11) is 0. The maximum absolute atomic E-state index is 13.6. The van der Waals surface area contributed by atoms with Gasteiger partial charge in [0.05, 0.1) is 10.6 Å². The SMILES string of the molecule is O=C1[N]c2c(cc(C(F)(F)F)c(F)c2[N+](=O)[O-])NC1=O. The number of nitro groups is 1. The van der Waals surface area contributed by atoms with Crippen LogP contribution in [-0.2, 0) is 15.8 Å². The number of anilines is 1. The van der Waals surface area contributed by atoms with Gasteiger partial charge >= 0.3 is 23.7 Å². The normalized spacial score (nSPS) is 14.4. The summed E-state index contributed by atoms with van der Waals surface area (Å²) in [5.41, 5.74) is -5.27. The molecule has 1 aromatic rings. The van der Waals surface area contributed by atoms with Crippen LogP contribution in [-0.4, -0.2) is 16.7 Å². The molecule has 0 saturated heterocycles. The molecule has 0 bridgehead atoms. The zero-order valence-corrected chi connectivity index (χ0v) is 9.12. The molecule has 1 aliphatic heterocycles. The predicted molar refractivity (Wildman–Crippen MR) is 53.5 cm³/mol. The molecule has 7 nitrogen and oxygen atoms in total. The van der Waals surface area contributed by atoms with Crippen molar-refractivity contribution >= 4 is 28.9 Å². The first-order valence-electron chi connectivity index (χ1n) is 4.78. The summed E-state index contributed by atoms with van der Waals surface area (Å²) in [5, 5.41) is 15.3. The van der Waals surface area contributed by atoms with Crippen LogP contribution >= 0.6 is 0 Å². The molecular formula is C9H2F4N3O4. The third kappa shape index (κ3) is 2.02. The quantitative estimate of drug-likeness (QED) is 0.366. The summed E-state index contributed by atoms with van der Waals surface area (Å²) < 4.78 is 51.3. The van der Waals surface area contributed by atoms with Crippen LogP contribution in [0.25, 0.3) is 0 Å². The fourth-order valence-corrected chi connectivity index (χ4v) is 1.54. The summed E-state index contributed by atoms with van der Waals surface area (Å²) >= 11 is 0. The Morgan fingerprint density at radius 1 is 1.30 bits per heavy atom. The van der Waals surface area contributed by atoms with E-state index in [1.807, 2.05) is 0 Å². The fourth-order valence-electron chi connectivity index (χ4n) is 1.54. The molecule has 1 heterocycles. The Hall–Kier alpha value is -2.72. The lowest BCUT2D eigenvalue weighted by atomic mass is 10.1. The lowest BCUT2D eigenvalue weighted by molar-refractivity contribution is -0.387. The number of nitro benzene ring substituents is 1. The van der Waals surface area contributed by atoms with E-state index in [9.17, 15) is 37.3 Å². The molecule has 0 spiro atoms. The molecule has 2 amide bonds. The maximum atomic E-state index is 13.6. The van der Waals surface area contributed by atoms with E-state index in [1.165, 1.54) is 0 Å². The highest BCUT2D eigenvalue weighted by atomic mass is 19.4. The number of amides is 2. The number of hydrogen-bond acceptors (Lipinski definition) is 4. The van der Waals surface area contributed by atoms with Gasteiger partial charge in [0.2, 0.25) is 5.82 Å². The fraction of sp³-hybridized carbons (Fsp3) is 0.111. The molecule has 0 unspecified atom stereocenters. The first kappa shape index (κ1) is 13.7. The molecule has 11 heteroatoms. The van der Waals surface area contributed by atoms with E-state index in [4.69, 9.17) is 0 Å². The number of benzene rings is 1. The van der Waals surface area contributed by atoms with Gasteiger partial charge in [0, 0.05) is 0 Å². The summed E-state index contributed by atoms with van der Waals surface area (Å²) in [4.78, 5) is 31.2. The van der Waals surface area contributed by atoms with Crippen molar-refractivity contribution in [1.29, 1.82) is 0 Å². The number of hydrogen-bond donors (Lipinski definition) is 1. The van der Waals surface area contributed by atoms with E-state index >= 15 is 0 Å². The van der Waals surface area contributed by atoms with Crippen molar-refractivity contribution in [3.05, 3.63) is 27.6 Å². The Morgan fingerprint density at radius 2 is 1.90 bits per heavy atom. The lowest BCUT2D eigenvalue weighted by Crippen LogP contribution is -2.34. The summed E-state index contributed by atoms with van der Waals surface area (Å²) in [6, 6.07) is 0.144. The largest absolute Gasteiger partial charge is 0.419 e. The minimum absolute atomic E-state index is 0.144. The Balaban J connectivity index is 2.79. The highest BCUT2D eigenvalue weighted by molar-refractivity contribution is 6.42. The molecule has 0 fully saturated rings. The lowest BCUT2D eigenvalue weighted by Gasteiger charge is -2.18. The molecule has 0 aliphatic carbocycles. The number of fused-ring (bicyclic) bond motifs is 1. The molecule has 0 atom stereocenters. The third-order valence-corrected chi connectivity index (χ3v) is 2.36. The smallest absolute Gasteiger partial charge is 0.316 e. The second-order valence-corrected chi connectivity index (χ2v) is 3.61. The van der Waals surface area contributed by atoms with Gasteiger partial charge in [0.15, 0.2) is 5.69 Å². The minimum Gasteiger partial charge on any atom is -0.316 e. The predicted octanol–water partition coefficient (Wildman–Crippen LogP) is 1.47. The van der Waals surface area contributed by atoms with Gasteiger partial charge < -0.3 is 5.32 Å². The van der Waals surface area contributed by atoms with Gasteiger partial charge in [-0.3, -0.25) is 19.7 Å². The summed E-state index contributed by atoms with van der Waals surface area (Å²) in [6.45, 7) is 0. The highest BCUT2D eigenvalue weighted by Gasteiger charge is 2.43. The number of nitrogens with one attached hydrogen (secondary N) is 1. The highest BCUT2D eigenvalue weighted by Crippen LogP contribution is 2.44. The van der Waals surface area contributed by atoms with Gasteiger partial charge in [0.25, 0.3) is 0 Å². The van der Waals surface area contributed by atoms with Crippen molar-refractivity contribution in [2.45, 2.75) is 6.18 Å². The van der Waals surface area contributed by atoms with Crippen LogP contribution in [0.1, 0.15) is 5.56 Å². The van der Waals surface area contributed by atoms with Crippen molar-refractivity contribution in [2.75, 3.05) is 5.32 Å². The molecule has 20 heavy (non-hydrogen) atoms. The van der Waals surface area contributed by atoms with Gasteiger partial charge in [-0.15, -0.1) is 0 Å². The average molecular weight is 292 g/mol. The molecule has 1 aliphatic rings. The van der Waals surface area contributed by atoms with Crippen LogP contribution in [0, 0.1) is 15.9 Å². The van der Waals surface area contributed by atoms with E-state index in [-0.39, 0.29) is 6.07 Å². The maximum Gasteiger partial charge on any atom is 0.419 e. The van der Waals surface area contributed by atoms with Gasteiger partial charge in [-0.1, -0.05) is 0 Å². The molecule has 0 aromatic heterocycles. The van der Waals surface area contributed by atoms with Crippen LogP contribution in [0.5, 0.6) is 0 Å². The van der Waals surface area contributed by atoms with Crippen LogP contribution < -0.4 is 10.6 Å². The molecular weight excluding hydrogens is 290 g/mol. The van der Waals surface area contributed by atoms with E-state index in [0.29, 0.717) is 0 Å². The molecule has 0 saturated carbocycles. The molecule has 1 aromatic carbocycles. The second kappa shape index (κ2) is 4.15. The summed E-state index contributed by atoms with van der Waals surface area (Å²) in [6.07, 6.45) is -5.21. The first-order chi connectivity index (χ1) is 9.12. The monoisotopic (exact) mass is 292 g/mol.